The van der Waals surface area contributed by atoms with Gasteiger partial charge in [0.1, 0.15) is 5.82 Å². The zero-order valence-corrected chi connectivity index (χ0v) is 10.8. The fraction of sp³-hybridized carbons (Fsp3) is 0.333. The van der Waals surface area contributed by atoms with E-state index >= 15 is 0 Å². The van der Waals surface area contributed by atoms with Crippen LogP contribution in [-0.2, 0) is 0 Å². The van der Waals surface area contributed by atoms with Gasteiger partial charge in [-0.2, -0.15) is 0 Å². The second-order valence-corrected chi connectivity index (χ2v) is 3.94. The molecule has 0 aliphatic heterocycles. The lowest BCUT2D eigenvalue weighted by Crippen LogP contribution is -2.13. The van der Waals surface area contributed by atoms with Gasteiger partial charge in [0.15, 0.2) is 0 Å². The third-order valence-corrected chi connectivity index (χ3v) is 2.32. The molecule has 2 heterocycles. The number of aromatic nitrogens is 3. The minimum absolute atomic E-state index is 0.0855. The molecule has 0 aliphatic carbocycles. The maximum atomic E-state index is 12.0. The first-order valence-electron chi connectivity index (χ1n) is 6.00. The topological polar surface area (TPSA) is 92.9 Å². The van der Waals surface area contributed by atoms with E-state index in [1.54, 1.807) is 25.3 Å². The first-order valence-corrected chi connectivity index (χ1v) is 6.00. The second kappa shape index (κ2) is 5.94. The number of rotatable bonds is 5. The van der Waals surface area contributed by atoms with Crippen LogP contribution in [0.15, 0.2) is 22.7 Å². The number of anilines is 2. The van der Waals surface area contributed by atoms with E-state index in [0.717, 1.165) is 13.0 Å². The van der Waals surface area contributed by atoms with E-state index in [0.29, 0.717) is 17.3 Å². The highest BCUT2D eigenvalue weighted by molar-refractivity contribution is 6.03. The van der Waals surface area contributed by atoms with Gasteiger partial charge in [-0.3, -0.25) is 10.1 Å². The second-order valence-electron chi connectivity index (χ2n) is 3.94. The van der Waals surface area contributed by atoms with Crippen molar-refractivity contribution >= 4 is 17.7 Å². The molecule has 0 unspecified atom stereocenters. The largest absolute Gasteiger partial charge is 0.408 e. The molecule has 0 saturated carbocycles. The van der Waals surface area contributed by atoms with Gasteiger partial charge in [-0.15, -0.1) is 5.10 Å². The van der Waals surface area contributed by atoms with Crippen LogP contribution in [0.25, 0.3) is 0 Å². The zero-order valence-electron chi connectivity index (χ0n) is 10.8. The Morgan fingerprint density at radius 3 is 2.95 bits per heavy atom. The molecule has 2 aromatic heterocycles. The highest BCUT2D eigenvalue weighted by atomic mass is 16.4. The standard InChI is InChI=1S/C12H15N5O2/c1-3-5-13-10-7-9(4-6-14-10)11(18)15-12-17-16-8(2)19-12/h4,6-7H,3,5H2,1-2H3,(H,13,14)(H,15,17,18). The summed E-state index contributed by atoms with van der Waals surface area (Å²) >= 11 is 0. The van der Waals surface area contributed by atoms with Crippen LogP contribution in [0, 0.1) is 6.92 Å². The molecule has 0 aliphatic rings. The molecule has 0 aromatic carbocycles. The van der Waals surface area contributed by atoms with E-state index in [9.17, 15) is 4.79 Å². The number of carbonyl (C=O) groups excluding carboxylic acids is 1. The minimum Gasteiger partial charge on any atom is -0.408 e. The zero-order chi connectivity index (χ0) is 13.7. The van der Waals surface area contributed by atoms with Crippen LogP contribution in [0.5, 0.6) is 0 Å². The summed E-state index contributed by atoms with van der Waals surface area (Å²) < 4.78 is 5.09. The lowest BCUT2D eigenvalue weighted by Gasteiger charge is -2.05. The summed E-state index contributed by atoms with van der Waals surface area (Å²) in [6, 6.07) is 3.38. The number of amides is 1. The van der Waals surface area contributed by atoms with Crippen molar-refractivity contribution < 1.29 is 9.21 Å². The molecule has 0 saturated heterocycles. The Bertz CT molecular complexity index is 567. The molecule has 0 fully saturated rings. The Hall–Kier alpha value is -2.44. The molecular formula is C12H15N5O2. The molecule has 0 radical (unpaired) electrons. The third kappa shape index (κ3) is 3.51. The summed E-state index contributed by atoms with van der Waals surface area (Å²) in [4.78, 5) is 16.1. The van der Waals surface area contributed by atoms with E-state index in [1.807, 2.05) is 0 Å². The number of hydrogen-bond donors (Lipinski definition) is 2. The fourth-order valence-corrected chi connectivity index (χ4v) is 1.44. The van der Waals surface area contributed by atoms with Gasteiger partial charge in [0, 0.05) is 25.2 Å². The van der Waals surface area contributed by atoms with Crippen molar-refractivity contribution in [1.82, 2.24) is 15.2 Å². The molecule has 2 rings (SSSR count). The van der Waals surface area contributed by atoms with Crippen molar-refractivity contribution in [3.63, 3.8) is 0 Å². The van der Waals surface area contributed by atoms with Crippen LogP contribution in [0.3, 0.4) is 0 Å². The molecule has 19 heavy (non-hydrogen) atoms. The summed E-state index contributed by atoms with van der Waals surface area (Å²) in [6.07, 6.45) is 2.56. The van der Waals surface area contributed by atoms with Crippen LogP contribution in [0.2, 0.25) is 0 Å². The molecule has 7 nitrogen and oxygen atoms in total. The van der Waals surface area contributed by atoms with Crippen LogP contribution in [0.1, 0.15) is 29.6 Å². The summed E-state index contributed by atoms with van der Waals surface area (Å²) in [7, 11) is 0. The Labute approximate surface area is 110 Å². The maximum Gasteiger partial charge on any atom is 0.322 e. The number of hydrogen-bond acceptors (Lipinski definition) is 6. The quantitative estimate of drug-likeness (QED) is 0.853. The summed E-state index contributed by atoms with van der Waals surface area (Å²) in [5, 5.41) is 13.0. The van der Waals surface area contributed by atoms with Gasteiger partial charge in [-0.25, -0.2) is 4.98 Å². The van der Waals surface area contributed by atoms with Crippen molar-refractivity contribution in [3.8, 4) is 0 Å². The van der Waals surface area contributed by atoms with Crippen molar-refractivity contribution in [2.75, 3.05) is 17.2 Å². The first kappa shape index (κ1) is 13.0. The highest BCUT2D eigenvalue weighted by Crippen LogP contribution is 2.10. The van der Waals surface area contributed by atoms with E-state index in [2.05, 4.69) is 32.7 Å². The Morgan fingerprint density at radius 2 is 2.26 bits per heavy atom. The highest BCUT2D eigenvalue weighted by Gasteiger charge is 2.10. The molecule has 2 aromatic rings. The number of pyridine rings is 1. The minimum atomic E-state index is -0.314. The number of nitrogens with zero attached hydrogens (tertiary/aromatic N) is 3. The molecular weight excluding hydrogens is 246 g/mol. The number of nitrogens with one attached hydrogen (secondary N) is 2. The molecule has 0 spiro atoms. The lowest BCUT2D eigenvalue weighted by molar-refractivity contribution is 0.102. The number of aryl methyl sites for hydroxylation is 1. The van der Waals surface area contributed by atoms with E-state index < -0.39 is 0 Å². The van der Waals surface area contributed by atoms with Gasteiger partial charge < -0.3 is 9.73 Å². The SMILES string of the molecule is CCCNc1cc(C(=O)Nc2nnc(C)o2)ccn1. The predicted octanol–water partition coefficient (Wildman–Crippen LogP) is 1.85. The van der Waals surface area contributed by atoms with Crippen LogP contribution >= 0.6 is 0 Å². The smallest absolute Gasteiger partial charge is 0.322 e. The summed E-state index contributed by atoms with van der Waals surface area (Å²) in [5.41, 5.74) is 0.476. The maximum absolute atomic E-state index is 12.0. The third-order valence-electron chi connectivity index (χ3n) is 2.32. The molecule has 0 bridgehead atoms. The Balaban J connectivity index is 2.06. The van der Waals surface area contributed by atoms with Crippen molar-refractivity contribution in [3.05, 3.63) is 29.8 Å². The molecule has 7 heteroatoms. The van der Waals surface area contributed by atoms with Gasteiger partial charge in [-0.05, 0) is 18.6 Å². The normalized spacial score (nSPS) is 10.2. The molecule has 0 atom stereocenters. The lowest BCUT2D eigenvalue weighted by atomic mass is 10.2. The molecule has 1 amide bonds. The Morgan fingerprint density at radius 1 is 1.42 bits per heavy atom. The summed E-state index contributed by atoms with van der Waals surface area (Å²) in [6.45, 7) is 4.52. The van der Waals surface area contributed by atoms with Crippen LogP contribution in [0.4, 0.5) is 11.8 Å². The van der Waals surface area contributed by atoms with E-state index in [4.69, 9.17) is 4.42 Å². The monoisotopic (exact) mass is 261 g/mol. The van der Waals surface area contributed by atoms with E-state index in [1.165, 1.54) is 0 Å². The predicted molar refractivity (Wildman–Crippen MR) is 70.0 cm³/mol. The van der Waals surface area contributed by atoms with Gasteiger partial charge in [0.05, 0.1) is 0 Å². The van der Waals surface area contributed by atoms with Gasteiger partial charge in [-0.1, -0.05) is 12.0 Å². The average molecular weight is 261 g/mol. The van der Waals surface area contributed by atoms with Crippen molar-refractivity contribution in [1.29, 1.82) is 0 Å². The Kier molecular flexibility index (Phi) is 4.07. The van der Waals surface area contributed by atoms with Crippen LogP contribution in [-0.4, -0.2) is 27.6 Å². The molecule has 100 valence electrons. The fourth-order valence-electron chi connectivity index (χ4n) is 1.44. The number of carbonyl (C=O) groups is 1. The van der Waals surface area contributed by atoms with Gasteiger partial charge >= 0.3 is 6.01 Å². The van der Waals surface area contributed by atoms with Crippen LogP contribution < -0.4 is 10.6 Å². The average Bonchev–Trinajstić information content (AvgIpc) is 2.82. The molecule has 2 N–H and O–H groups in total. The van der Waals surface area contributed by atoms with Gasteiger partial charge in [0.2, 0.25) is 5.89 Å². The van der Waals surface area contributed by atoms with Crippen molar-refractivity contribution in [2.24, 2.45) is 0 Å². The summed E-state index contributed by atoms with van der Waals surface area (Å²) in [5.74, 6) is 0.747. The van der Waals surface area contributed by atoms with Gasteiger partial charge in [0.25, 0.3) is 5.91 Å². The van der Waals surface area contributed by atoms with Crippen molar-refractivity contribution in [2.45, 2.75) is 20.3 Å². The first-order chi connectivity index (χ1) is 9.19. The van der Waals surface area contributed by atoms with E-state index in [-0.39, 0.29) is 11.9 Å².